The average Bonchev–Trinajstić information content (AvgIpc) is 2.26. The van der Waals surface area contributed by atoms with E-state index in [2.05, 4.69) is 5.32 Å². The van der Waals surface area contributed by atoms with E-state index in [9.17, 15) is 9.59 Å². The first-order valence-corrected chi connectivity index (χ1v) is 6.80. The molecule has 4 heteroatoms. The maximum Gasteiger partial charge on any atom is 0.220 e. The van der Waals surface area contributed by atoms with Crippen LogP contribution in [0.2, 0.25) is 0 Å². The molecule has 0 saturated heterocycles. The number of carbonyl (C=O) groups excluding carboxylic acids is 2. The number of ether oxygens (including phenoxy) is 1. The molecule has 0 aliphatic rings. The fraction of sp³-hybridized carbons (Fsp3) is 0.857. The summed E-state index contributed by atoms with van der Waals surface area (Å²) in [5.41, 5.74) is 0. The summed E-state index contributed by atoms with van der Waals surface area (Å²) >= 11 is 0. The van der Waals surface area contributed by atoms with Gasteiger partial charge in [-0.3, -0.25) is 9.59 Å². The van der Waals surface area contributed by atoms with E-state index in [0.29, 0.717) is 38.5 Å². The normalized spacial score (nSPS) is 11.0. The SMILES string of the molecule is CC(C)CC(=O)NCCOCCCC(=O)C(C)C. The molecule has 0 aromatic rings. The first kappa shape index (κ1) is 17.1. The van der Waals surface area contributed by atoms with Gasteiger partial charge in [0.25, 0.3) is 0 Å². The Morgan fingerprint density at radius 1 is 1.11 bits per heavy atom. The molecule has 0 aliphatic heterocycles. The Balaban J connectivity index is 3.31. The van der Waals surface area contributed by atoms with Crippen LogP contribution >= 0.6 is 0 Å². The maximum atomic E-state index is 11.3. The Hall–Kier alpha value is -0.900. The highest BCUT2D eigenvalue weighted by Gasteiger charge is 2.06. The highest BCUT2D eigenvalue weighted by atomic mass is 16.5. The molecular formula is C14H27NO3. The van der Waals surface area contributed by atoms with Crippen LogP contribution in [0.4, 0.5) is 0 Å². The average molecular weight is 257 g/mol. The molecule has 0 aromatic heterocycles. The van der Waals surface area contributed by atoms with Crippen LogP contribution in [0.1, 0.15) is 47.0 Å². The molecule has 0 fully saturated rings. The van der Waals surface area contributed by atoms with E-state index in [1.54, 1.807) is 0 Å². The van der Waals surface area contributed by atoms with Crippen LogP contribution in [-0.4, -0.2) is 31.4 Å². The Morgan fingerprint density at radius 3 is 2.33 bits per heavy atom. The molecule has 0 radical (unpaired) electrons. The van der Waals surface area contributed by atoms with Crippen LogP contribution in [0.5, 0.6) is 0 Å². The number of ketones is 1. The fourth-order valence-corrected chi connectivity index (χ4v) is 1.44. The maximum absolute atomic E-state index is 11.3. The Kier molecular flexibility index (Phi) is 9.56. The predicted molar refractivity (Wildman–Crippen MR) is 72.4 cm³/mol. The van der Waals surface area contributed by atoms with E-state index < -0.39 is 0 Å². The summed E-state index contributed by atoms with van der Waals surface area (Å²) in [5, 5.41) is 2.80. The van der Waals surface area contributed by atoms with Gasteiger partial charge in [-0.15, -0.1) is 0 Å². The van der Waals surface area contributed by atoms with Crippen molar-refractivity contribution in [3.63, 3.8) is 0 Å². The molecule has 0 atom stereocenters. The lowest BCUT2D eigenvalue weighted by Crippen LogP contribution is -2.28. The van der Waals surface area contributed by atoms with E-state index >= 15 is 0 Å². The van der Waals surface area contributed by atoms with Crippen molar-refractivity contribution >= 4 is 11.7 Å². The molecule has 0 aliphatic carbocycles. The third kappa shape index (κ3) is 10.3. The van der Waals surface area contributed by atoms with Gasteiger partial charge in [0.15, 0.2) is 0 Å². The van der Waals surface area contributed by atoms with Gasteiger partial charge in [0, 0.05) is 31.9 Å². The zero-order valence-corrected chi connectivity index (χ0v) is 12.1. The summed E-state index contributed by atoms with van der Waals surface area (Å²) in [6.45, 7) is 9.49. The monoisotopic (exact) mass is 257 g/mol. The van der Waals surface area contributed by atoms with Crippen LogP contribution in [0.3, 0.4) is 0 Å². The van der Waals surface area contributed by atoms with Gasteiger partial charge >= 0.3 is 0 Å². The summed E-state index contributed by atoms with van der Waals surface area (Å²) in [6.07, 6.45) is 1.90. The predicted octanol–water partition coefficient (Wildman–Crippen LogP) is 2.17. The van der Waals surface area contributed by atoms with Gasteiger partial charge in [-0.2, -0.15) is 0 Å². The second-order valence-corrected chi connectivity index (χ2v) is 5.28. The topological polar surface area (TPSA) is 55.4 Å². The Bertz CT molecular complexity index is 249. The van der Waals surface area contributed by atoms with Crippen molar-refractivity contribution in [2.24, 2.45) is 11.8 Å². The van der Waals surface area contributed by atoms with Crippen molar-refractivity contribution in [2.75, 3.05) is 19.8 Å². The Morgan fingerprint density at radius 2 is 1.78 bits per heavy atom. The molecule has 0 rings (SSSR count). The lowest BCUT2D eigenvalue weighted by atomic mass is 10.1. The van der Waals surface area contributed by atoms with E-state index in [1.807, 2.05) is 27.7 Å². The van der Waals surface area contributed by atoms with Gasteiger partial charge in [-0.1, -0.05) is 27.7 Å². The molecule has 1 N–H and O–H groups in total. The van der Waals surface area contributed by atoms with E-state index in [4.69, 9.17) is 4.74 Å². The van der Waals surface area contributed by atoms with Crippen molar-refractivity contribution < 1.29 is 14.3 Å². The highest BCUT2D eigenvalue weighted by Crippen LogP contribution is 2.01. The van der Waals surface area contributed by atoms with E-state index in [0.717, 1.165) is 6.42 Å². The standard InChI is InChI=1S/C14H27NO3/c1-11(2)10-14(17)15-7-9-18-8-5-6-13(16)12(3)4/h11-12H,5-10H2,1-4H3,(H,15,17). The smallest absolute Gasteiger partial charge is 0.220 e. The van der Waals surface area contributed by atoms with Crippen LogP contribution in [0, 0.1) is 11.8 Å². The van der Waals surface area contributed by atoms with Crippen molar-refractivity contribution in [2.45, 2.75) is 47.0 Å². The van der Waals surface area contributed by atoms with Gasteiger partial charge in [-0.05, 0) is 12.3 Å². The summed E-state index contributed by atoms with van der Waals surface area (Å²) in [6, 6.07) is 0. The zero-order valence-electron chi connectivity index (χ0n) is 12.1. The van der Waals surface area contributed by atoms with Gasteiger partial charge in [0.1, 0.15) is 5.78 Å². The summed E-state index contributed by atoms with van der Waals surface area (Å²) in [4.78, 5) is 22.6. The summed E-state index contributed by atoms with van der Waals surface area (Å²) < 4.78 is 5.35. The molecule has 18 heavy (non-hydrogen) atoms. The lowest BCUT2D eigenvalue weighted by molar-refractivity contribution is -0.122. The molecule has 4 nitrogen and oxygen atoms in total. The van der Waals surface area contributed by atoms with Gasteiger partial charge in [0.05, 0.1) is 6.61 Å². The van der Waals surface area contributed by atoms with Crippen molar-refractivity contribution in [1.82, 2.24) is 5.32 Å². The first-order chi connectivity index (χ1) is 8.43. The number of nitrogens with one attached hydrogen (secondary N) is 1. The van der Waals surface area contributed by atoms with Crippen LogP contribution in [-0.2, 0) is 14.3 Å². The Labute approximate surface area is 110 Å². The quantitative estimate of drug-likeness (QED) is 0.610. The molecule has 0 saturated carbocycles. The van der Waals surface area contributed by atoms with Crippen molar-refractivity contribution in [3.8, 4) is 0 Å². The molecule has 0 bridgehead atoms. The number of Topliss-reactive ketones (excluding diaryl/α,β-unsaturated/α-hetero) is 1. The largest absolute Gasteiger partial charge is 0.380 e. The van der Waals surface area contributed by atoms with Crippen molar-refractivity contribution in [1.29, 1.82) is 0 Å². The van der Waals surface area contributed by atoms with E-state index in [-0.39, 0.29) is 17.6 Å². The second-order valence-electron chi connectivity index (χ2n) is 5.28. The minimum Gasteiger partial charge on any atom is -0.380 e. The third-order valence-electron chi connectivity index (χ3n) is 2.52. The number of hydrogen-bond acceptors (Lipinski definition) is 3. The summed E-state index contributed by atoms with van der Waals surface area (Å²) in [5.74, 6) is 0.848. The molecule has 106 valence electrons. The zero-order chi connectivity index (χ0) is 14.0. The highest BCUT2D eigenvalue weighted by molar-refractivity contribution is 5.80. The summed E-state index contributed by atoms with van der Waals surface area (Å²) in [7, 11) is 0. The minimum atomic E-state index is 0.0728. The van der Waals surface area contributed by atoms with Crippen LogP contribution in [0.15, 0.2) is 0 Å². The minimum absolute atomic E-state index is 0.0728. The molecule has 1 amide bonds. The van der Waals surface area contributed by atoms with E-state index in [1.165, 1.54) is 0 Å². The third-order valence-corrected chi connectivity index (χ3v) is 2.52. The number of amides is 1. The number of rotatable bonds is 10. The number of hydrogen-bond donors (Lipinski definition) is 1. The first-order valence-electron chi connectivity index (χ1n) is 6.80. The molecule has 0 spiro atoms. The lowest BCUT2D eigenvalue weighted by Gasteiger charge is -2.08. The molecular weight excluding hydrogens is 230 g/mol. The molecule has 0 unspecified atom stereocenters. The second kappa shape index (κ2) is 10.1. The van der Waals surface area contributed by atoms with Crippen LogP contribution < -0.4 is 5.32 Å². The molecule has 0 heterocycles. The fourth-order valence-electron chi connectivity index (χ4n) is 1.44. The van der Waals surface area contributed by atoms with Gasteiger partial charge in [0.2, 0.25) is 5.91 Å². The van der Waals surface area contributed by atoms with Crippen molar-refractivity contribution in [3.05, 3.63) is 0 Å². The van der Waals surface area contributed by atoms with Gasteiger partial charge in [-0.25, -0.2) is 0 Å². The van der Waals surface area contributed by atoms with Crippen LogP contribution in [0.25, 0.3) is 0 Å². The number of carbonyl (C=O) groups is 2. The van der Waals surface area contributed by atoms with Gasteiger partial charge < -0.3 is 10.1 Å². The molecule has 0 aromatic carbocycles.